The first kappa shape index (κ1) is 14.5. The fraction of sp³-hybridized carbons (Fsp3) is 0.600. The summed E-state index contributed by atoms with van der Waals surface area (Å²) in [5.41, 5.74) is 3.32. The summed E-state index contributed by atoms with van der Waals surface area (Å²) >= 11 is 11.8. The maximum absolute atomic E-state index is 11.7. The van der Waals surface area contributed by atoms with Gasteiger partial charge in [0.25, 0.3) is 0 Å². The summed E-state index contributed by atoms with van der Waals surface area (Å²) in [6.07, 6.45) is -0.839. The highest BCUT2D eigenvalue weighted by atomic mass is 35.5. The Kier molecular flexibility index (Phi) is 4.03. The second kappa shape index (κ2) is 5.26. The predicted molar refractivity (Wildman–Crippen MR) is 69.2 cm³/mol. The molecule has 106 valence electrons. The average Bonchev–Trinajstić information content (AvgIpc) is 2.64. The lowest BCUT2D eigenvalue weighted by Crippen LogP contribution is -2.47. The quantitative estimate of drug-likeness (QED) is 0.636. The molecule has 2 heterocycles. The summed E-state index contributed by atoms with van der Waals surface area (Å²) in [5.74, 6) is -0.0988. The molecule has 1 fully saturated rings. The highest BCUT2D eigenvalue weighted by molar-refractivity contribution is 6.22. The normalized spacial score (nSPS) is 34.6. The van der Waals surface area contributed by atoms with E-state index in [1.165, 1.54) is 12.3 Å². The number of hydrogen-bond acceptors (Lipinski definition) is 6. The zero-order valence-corrected chi connectivity index (χ0v) is 11.3. The molecule has 0 spiro atoms. The van der Waals surface area contributed by atoms with E-state index in [4.69, 9.17) is 33.7 Å². The predicted octanol–water partition coefficient (Wildman–Crippen LogP) is -0.708. The zero-order chi connectivity index (χ0) is 14.2. The summed E-state index contributed by atoms with van der Waals surface area (Å²) in [6.45, 7) is -0.519. The molecule has 1 saturated heterocycles. The first-order chi connectivity index (χ1) is 8.95. The van der Waals surface area contributed by atoms with Crippen molar-refractivity contribution >= 4 is 29.0 Å². The molecule has 1 aliphatic heterocycles. The number of ether oxygens (including phenoxy) is 1. The molecule has 19 heavy (non-hydrogen) atoms. The van der Waals surface area contributed by atoms with Crippen molar-refractivity contribution in [1.82, 2.24) is 9.55 Å². The van der Waals surface area contributed by atoms with Gasteiger partial charge in [-0.05, 0) is 6.07 Å². The van der Waals surface area contributed by atoms with Crippen molar-refractivity contribution in [3.8, 4) is 0 Å². The van der Waals surface area contributed by atoms with Gasteiger partial charge in [0.05, 0.1) is 12.5 Å². The van der Waals surface area contributed by atoms with Crippen molar-refractivity contribution in [3.05, 3.63) is 22.7 Å². The second-order valence-corrected chi connectivity index (χ2v) is 5.07. The molecule has 1 aromatic rings. The van der Waals surface area contributed by atoms with Crippen LogP contribution in [0.2, 0.25) is 0 Å². The highest BCUT2D eigenvalue weighted by Crippen LogP contribution is 2.40. The summed E-state index contributed by atoms with van der Waals surface area (Å²) in [5, 5.41) is 18.4. The van der Waals surface area contributed by atoms with Crippen LogP contribution in [0.4, 0.5) is 5.82 Å². The van der Waals surface area contributed by atoms with Gasteiger partial charge in [0.15, 0.2) is 6.23 Å². The van der Waals surface area contributed by atoms with Crippen LogP contribution >= 0.6 is 23.2 Å². The fourth-order valence-electron chi connectivity index (χ4n) is 1.93. The van der Waals surface area contributed by atoms with Crippen molar-refractivity contribution < 1.29 is 14.9 Å². The molecule has 4 atom stereocenters. The Morgan fingerprint density at radius 2 is 2.32 bits per heavy atom. The van der Waals surface area contributed by atoms with Gasteiger partial charge in [-0.25, -0.2) is 4.79 Å². The molecule has 1 aromatic heterocycles. The van der Waals surface area contributed by atoms with Gasteiger partial charge < -0.3 is 20.7 Å². The summed E-state index contributed by atoms with van der Waals surface area (Å²) < 4.78 is 6.60. The largest absolute Gasteiger partial charge is 0.393 e. The molecule has 7 nitrogen and oxygen atoms in total. The average molecular weight is 310 g/mol. The van der Waals surface area contributed by atoms with E-state index in [-0.39, 0.29) is 11.7 Å². The fourth-order valence-corrected chi connectivity index (χ4v) is 2.64. The van der Waals surface area contributed by atoms with Crippen molar-refractivity contribution in [3.63, 3.8) is 0 Å². The van der Waals surface area contributed by atoms with Gasteiger partial charge in [-0.1, -0.05) is 0 Å². The van der Waals surface area contributed by atoms with Crippen molar-refractivity contribution in [2.75, 3.05) is 18.2 Å². The van der Waals surface area contributed by atoms with E-state index in [2.05, 4.69) is 4.98 Å². The van der Waals surface area contributed by atoms with Crippen LogP contribution in [0.1, 0.15) is 6.23 Å². The number of aliphatic hydroxyl groups excluding tert-OH is 2. The van der Waals surface area contributed by atoms with Gasteiger partial charge in [0.1, 0.15) is 22.9 Å². The van der Waals surface area contributed by atoms with Crippen molar-refractivity contribution in [2.24, 2.45) is 0 Å². The van der Waals surface area contributed by atoms with E-state index in [9.17, 15) is 15.0 Å². The number of aromatic nitrogens is 2. The number of anilines is 1. The monoisotopic (exact) mass is 309 g/mol. The molecule has 0 aliphatic carbocycles. The number of hydrogen-bond donors (Lipinski definition) is 3. The Balaban J connectivity index is 2.39. The number of alkyl halides is 2. The van der Waals surface area contributed by atoms with Crippen LogP contribution in [-0.2, 0) is 4.74 Å². The van der Waals surface area contributed by atoms with Gasteiger partial charge in [-0.3, -0.25) is 4.57 Å². The topological polar surface area (TPSA) is 111 Å². The van der Waals surface area contributed by atoms with Crippen molar-refractivity contribution in [2.45, 2.75) is 23.3 Å². The number of nitrogens with two attached hydrogens (primary N) is 1. The minimum Gasteiger partial charge on any atom is -0.393 e. The highest BCUT2D eigenvalue weighted by Gasteiger charge is 2.54. The van der Waals surface area contributed by atoms with Crippen LogP contribution in [0.25, 0.3) is 0 Å². The molecular formula is C10H13Cl2N3O4. The van der Waals surface area contributed by atoms with Gasteiger partial charge in [-0.2, -0.15) is 4.98 Å². The third-order valence-corrected chi connectivity index (χ3v) is 3.99. The number of aliphatic hydroxyl groups is 2. The third kappa shape index (κ3) is 2.32. The van der Waals surface area contributed by atoms with Crippen LogP contribution in [0, 0.1) is 0 Å². The molecule has 0 saturated carbocycles. The molecule has 9 heteroatoms. The summed E-state index contributed by atoms with van der Waals surface area (Å²) in [7, 11) is 0. The van der Waals surface area contributed by atoms with E-state index in [1.54, 1.807) is 0 Å². The smallest absolute Gasteiger partial charge is 0.351 e. The van der Waals surface area contributed by atoms with Gasteiger partial charge >= 0.3 is 5.69 Å². The summed E-state index contributed by atoms with van der Waals surface area (Å²) in [4.78, 5) is 15.3. The zero-order valence-electron chi connectivity index (χ0n) is 9.74. The molecule has 0 radical (unpaired) electrons. The van der Waals surface area contributed by atoms with E-state index in [0.29, 0.717) is 0 Å². The Morgan fingerprint density at radius 1 is 1.63 bits per heavy atom. The van der Waals surface area contributed by atoms with Crippen LogP contribution in [0.3, 0.4) is 0 Å². The lowest BCUT2D eigenvalue weighted by molar-refractivity contribution is -0.114. The molecular weight excluding hydrogens is 297 g/mol. The van der Waals surface area contributed by atoms with Gasteiger partial charge in [0.2, 0.25) is 0 Å². The minimum atomic E-state index is -1.40. The van der Waals surface area contributed by atoms with E-state index in [1.807, 2.05) is 0 Å². The Morgan fingerprint density at radius 3 is 2.79 bits per heavy atom. The Hall–Kier alpha value is -0.860. The number of nitrogen functional groups attached to an aromatic ring is 1. The van der Waals surface area contributed by atoms with E-state index < -0.39 is 35.6 Å². The van der Waals surface area contributed by atoms with Gasteiger partial charge in [0, 0.05) is 6.20 Å². The molecule has 4 N–H and O–H groups in total. The van der Waals surface area contributed by atoms with Gasteiger partial charge in [-0.15, -0.1) is 23.2 Å². The van der Waals surface area contributed by atoms with Crippen molar-refractivity contribution in [1.29, 1.82) is 0 Å². The standard InChI is InChI=1S/C10H13Cl2N3O4/c11-3-10(4-16)7(17)6(12)8(19-10)15-2-1-5(13)14-9(15)18/h1-2,6-8,16-17H,3-4H2,(H2,13,14,18)/t6-,7+,8-,10-/m1/s1. The molecule has 2 rings (SSSR count). The SMILES string of the molecule is Nc1ccn([C@@H]2O[C@@](CO)(CCl)[C@@H](O)[C@H]2Cl)c(=O)n1. The van der Waals surface area contributed by atoms with Crippen LogP contribution < -0.4 is 11.4 Å². The summed E-state index contributed by atoms with van der Waals surface area (Å²) in [6, 6.07) is 1.40. The Bertz CT molecular complexity index is 520. The van der Waals surface area contributed by atoms with E-state index >= 15 is 0 Å². The van der Waals surface area contributed by atoms with E-state index in [0.717, 1.165) is 4.57 Å². The first-order valence-electron chi connectivity index (χ1n) is 5.46. The van der Waals surface area contributed by atoms with Crippen LogP contribution in [0.15, 0.2) is 17.1 Å². The Labute approximate surface area is 118 Å². The molecule has 0 amide bonds. The van der Waals surface area contributed by atoms with Crippen LogP contribution in [0.5, 0.6) is 0 Å². The molecule has 0 bridgehead atoms. The maximum Gasteiger partial charge on any atom is 0.351 e. The number of nitrogens with zero attached hydrogens (tertiary/aromatic N) is 2. The third-order valence-electron chi connectivity index (χ3n) is 3.09. The molecule has 1 aliphatic rings. The first-order valence-corrected chi connectivity index (χ1v) is 6.44. The number of halogens is 2. The lowest BCUT2D eigenvalue weighted by atomic mass is 10.00. The maximum atomic E-state index is 11.7. The van der Waals surface area contributed by atoms with Crippen LogP contribution in [-0.4, -0.2) is 49.3 Å². The molecule has 0 unspecified atom stereocenters. The number of rotatable bonds is 3. The second-order valence-electron chi connectivity index (χ2n) is 4.30. The lowest BCUT2D eigenvalue weighted by Gasteiger charge is -2.27. The molecule has 0 aromatic carbocycles. The minimum absolute atomic E-state index is 0.0664.